The van der Waals surface area contributed by atoms with Crippen molar-refractivity contribution in [2.24, 2.45) is 0 Å². The minimum absolute atomic E-state index is 0.539. The normalized spacial score (nSPS) is 10.7. The molecule has 0 aliphatic rings. The second-order valence-electron chi connectivity index (χ2n) is 4.61. The summed E-state index contributed by atoms with van der Waals surface area (Å²) in [6.07, 6.45) is 0. The summed E-state index contributed by atoms with van der Waals surface area (Å²) in [4.78, 5) is 4.23. The molecule has 1 aromatic heterocycles. The van der Waals surface area contributed by atoms with Gasteiger partial charge in [0.05, 0.1) is 11.2 Å². The summed E-state index contributed by atoms with van der Waals surface area (Å²) in [5.41, 5.74) is 6.49. The van der Waals surface area contributed by atoms with Gasteiger partial charge in [0, 0.05) is 11.9 Å². The van der Waals surface area contributed by atoms with E-state index in [1.165, 1.54) is 16.7 Å². The minimum Gasteiger partial charge on any atom is -0.487 e. The Hall–Kier alpha value is -1.39. The predicted octanol–water partition coefficient (Wildman–Crippen LogP) is 3.45. The van der Waals surface area contributed by atoms with Gasteiger partial charge in [-0.2, -0.15) is 0 Å². The van der Waals surface area contributed by atoms with Gasteiger partial charge in [-0.3, -0.25) is 0 Å². The zero-order valence-electron chi connectivity index (χ0n) is 11.7. The van der Waals surface area contributed by atoms with Gasteiger partial charge >= 0.3 is 0 Å². The third kappa shape index (κ3) is 3.78. The van der Waals surface area contributed by atoms with Crippen molar-refractivity contribution in [1.82, 2.24) is 10.3 Å². The third-order valence-corrected chi connectivity index (χ3v) is 3.58. The summed E-state index contributed by atoms with van der Waals surface area (Å²) in [7, 11) is 0. The van der Waals surface area contributed by atoms with Gasteiger partial charge in [0.15, 0.2) is 0 Å². The molecule has 0 bridgehead atoms. The molecule has 102 valence electrons. The molecule has 1 N–H and O–H groups in total. The molecular weight excluding hydrogens is 256 g/mol. The Bertz CT molecular complexity index is 500. The maximum absolute atomic E-state index is 5.90. The van der Waals surface area contributed by atoms with Crippen molar-refractivity contribution in [1.29, 1.82) is 0 Å². The second kappa shape index (κ2) is 6.68. The minimum atomic E-state index is 0.539. The highest BCUT2D eigenvalue weighted by Crippen LogP contribution is 2.25. The summed E-state index contributed by atoms with van der Waals surface area (Å²) < 4.78 is 5.90. The zero-order chi connectivity index (χ0) is 13.7. The molecule has 0 spiro atoms. The number of nitrogens with one attached hydrogen (secondary N) is 1. The van der Waals surface area contributed by atoms with E-state index in [1.54, 1.807) is 11.3 Å². The van der Waals surface area contributed by atoms with Gasteiger partial charge in [-0.15, -0.1) is 11.3 Å². The van der Waals surface area contributed by atoms with Gasteiger partial charge in [0.25, 0.3) is 0 Å². The van der Waals surface area contributed by atoms with Crippen molar-refractivity contribution in [3.8, 4) is 5.75 Å². The lowest BCUT2D eigenvalue weighted by Crippen LogP contribution is -2.12. The molecule has 1 heterocycles. The number of hydrogen-bond acceptors (Lipinski definition) is 4. The Labute approximate surface area is 118 Å². The Balaban J connectivity index is 2.08. The standard InChI is InChI=1S/C15H20N2OS/c1-4-16-7-13-5-11(2)15(12(3)6-13)18-8-14-9-19-10-17-14/h5-6,9-10,16H,4,7-8H2,1-3H3. The van der Waals surface area contributed by atoms with Crippen molar-refractivity contribution in [3.63, 3.8) is 0 Å². The fourth-order valence-corrected chi connectivity index (χ4v) is 2.64. The van der Waals surface area contributed by atoms with Crippen LogP contribution in [0.15, 0.2) is 23.0 Å². The molecule has 2 aromatic rings. The van der Waals surface area contributed by atoms with Crippen molar-refractivity contribution in [2.45, 2.75) is 33.9 Å². The average molecular weight is 276 g/mol. The second-order valence-corrected chi connectivity index (χ2v) is 5.33. The Morgan fingerprint density at radius 2 is 2.00 bits per heavy atom. The lowest BCUT2D eigenvalue weighted by atomic mass is 10.1. The van der Waals surface area contributed by atoms with Crippen LogP contribution in [0.3, 0.4) is 0 Å². The van der Waals surface area contributed by atoms with Crippen LogP contribution in [-0.4, -0.2) is 11.5 Å². The predicted molar refractivity (Wildman–Crippen MR) is 79.7 cm³/mol. The zero-order valence-corrected chi connectivity index (χ0v) is 12.5. The number of thiazole rings is 1. The highest BCUT2D eigenvalue weighted by molar-refractivity contribution is 7.07. The smallest absolute Gasteiger partial charge is 0.131 e. The van der Waals surface area contributed by atoms with Crippen LogP contribution in [0.2, 0.25) is 0 Å². The SMILES string of the molecule is CCNCc1cc(C)c(OCc2cscn2)c(C)c1. The largest absolute Gasteiger partial charge is 0.487 e. The molecule has 0 radical (unpaired) electrons. The van der Waals surface area contributed by atoms with Crippen molar-refractivity contribution in [3.05, 3.63) is 45.4 Å². The molecule has 0 unspecified atom stereocenters. The van der Waals surface area contributed by atoms with Gasteiger partial charge in [0.1, 0.15) is 12.4 Å². The number of nitrogens with zero attached hydrogens (tertiary/aromatic N) is 1. The Morgan fingerprint density at radius 3 is 2.58 bits per heavy atom. The first-order valence-corrected chi connectivity index (χ1v) is 7.45. The van der Waals surface area contributed by atoms with Crippen LogP contribution in [0, 0.1) is 13.8 Å². The molecule has 0 aliphatic carbocycles. The molecule has 0 atom stereocenters. The molecule has 4 heteroatoms. The third-order valence-electron chi connectivity index (χ3n) is 2.95. The molecule has 2 rings (SSSR count). The summed E-state index contributed by atoms with van der Waals surface area (Å²) in [5.74, 6) is 0.980. The van der Waals surface area contributed by atoms with Crippen molar-refractivity contribution >= 4 is 11.3 Å². The molecule has 0 aliphatic heterocycles. The molecule has 0 saturated carbocycles. The lowest BCUT2D eigenvalue weighted by Gasteiger charge is -2.13. The number of hydrogen-bond donors (Lipinski definition) is 1. The molecule has 0 fully saturated rings. The highest BCUT2D eigenvalue weighted by Gasteiger charge is 2.07. The first-order valence-electron chi connectivity index (χ1n) is 6.51. The molecule has 19 heavy (non-hydrogen) atoms. The summed E-state index contributed by atoms with van der Waals surface area (Å²) in [6.45, 7) is 8.74. The number of aromatic nitrogens is 1. The fraction of sp³-hybridized carbons (Fsp3) is 0.400. The molecule has 1 aromatic carbocycles. The number of aryl methyl sites for hydroxylation is 2. The van der Waals surface area contributed by atoms with Crippen LogP contribution in [-0.2, 0) is 13.2 Å². The Kier molecular flexibility index (Phi) is 4.93. The van der Waals surface area contributed by atoms with Crippen LogP contribution < -0.4 is 10.1 Å². The molecular formula is C15H20N2OS. The van der Waals surface area contributed by atoms with Gasteiger partial charge in [-0.05, 0) is 37.1 Å². The summed E-state index contributed by atoms with van der Waals surface area (Å²) in [5, 5.41) is 5.36. The van der Waals surface area contributed by atoms with Crippen molar-refractivity contribution in [2.75, 3.05) is 6.54 Å². The maximum Gasteiger partial charge on any atom is 0.131 e. The lowest BCUT2D eigenvalue weighted by molar-refractivity contribution is 0.298. The van der Waals surface area contributed by atoms with Crippen LogP contribution in [0.4, 0.5) is 0 Å². The van der Waals surface area contributed by atoms with Crippen LogP contribution in [0.25, 0.3) is 0 Å². The van der Waals surface area contributed by atoms with E-state index >= 15 is 0 Å². The van der Waals surface area contributed by atoms with Crippen molar-refractivity contribution < 1.29 is 4.74 Å². The van der Waals surface area contributed by atoms with Gasteiger partial charge in [-0.1, -0.05) is 19.1 Å². The van der Waals surface area contributed by atoms with E-state index in [2.05, 4.69) is 43.2 Å². The van der Waals surface area contributed by atoms with Crippen LogP contribution >= 0.6 is 11.3 Å². The van der Waals surface area contributed by atoms with E-state index in [0.717, 1.165) is 24.5 Å². The number of ether oxygens (including phenoxy) is 1. The number of benzene rings is 1. The average Bonchev–Trinajstić information content (AvgIpc) is 2.88. The number of rotatable bonds is 6. The highest BCUT2D eigenvalue weighted by atomic mass is 32.1. The summed E-state index contributed by atoms with van der Waals surface area (Å²) >= 11 is 1.60. The Morgan fingerprint density at radius 1 is 1.26 bits per heavy atom. The first-order chi connectivity index (χ1) is 9.20. The monoisotopic (exact) mass is 276 g/mol. The topological polar surface area (TPSA) is 34.1 Å². The molecule has 3 nitrogen and oxygen atoms in total. The van der Waals surface area contributed by atoms with E-state index in [9.17, 15) is 0 Å². The van der Waals surface area contributed by atoms with E-state index in [0.29, 0.717) is 6.61 Å². The van der Waals surface area contributed by atoms with E-state index in [-0.39, 0.29) is 0 Å². The van der Waals surface area contributed by atoms with Crippen LogP contribution in [0.1, 0.15) is 29.3 Å². The fourth-order valence-electron chi connectivity index (χ4n) is 2.09. The maximum atomic E-state index is 5.90. The van der Waals surface area contributed by atoms with Gasteiger partial charge in [-0.25, -0.2) is 4.98 Å². The van der Waals surface area contributed by atoms with E-state index in [4.69, 9.17) is 4.74 Å². The molecule has 0 amide bonds. The van der Waals surface area contributed by atoms with E-state index in [1.807, 2.05) is 10.9 Å². The van der Waals surface area contributed by atoms with E-state index < -0.39 is 0 Å². The van der Waals surface area contributed by atoms with Gasteiger partial charge in [0.2, 0.25) is 0 Å². The quantitative estimate of drug-likeness (QED) is 0.877. The molecule has 0 saturated heterocycles. The summed E-state index contributed by atoms with van der Waals surface area (Å²) in [6, 6.07) is 4.37. The first kappa shape index (κ1) is 14.0. The van der Waals surface area contributed by atoms with Crippen LogP contribution in [0.5, 0.6) is 5.75 Å². The van der Waals surface area contributed by atoms with Gasteiger partial charge < -0.3 is 10.1 Å².